The number of methoxy groups -OCH3 is 2. The molecule has 0 spiro atoms. The molecule has 0 aliphatic heterocycles. The fourth-order valence-corrected chi connectivity index (χ4v) is 1.64. The van der Waals surface area contributed by atoms with Crippen LogP contribution >= 0.6 is 0 Å². The Morgan fingerprint density at radius 1 is 1.11 bits per heavy atom. The topological polar surface area (TPSA) is 27.7 Å². The van der Waals surface area contributed by atoms with Gasteiger partial charge in [-0.15, -0.1) is 0 Å². The van der Waals surface area contributed by atoms with E-state index in [0.29, 0.717) is 17.9 Å². The maximum absolute atomic E-state index is 12.0. The lowest BCUT2D eigenvalue weighted by Crippen LogP contribution is -2.22. The van der Waals surface area contributed by atoms with Crippen molar-refractivity contribution < 1.29 is 27.4 Å². The van der Waals surface area contributed by atoms with Crippen LogP contribution in [-0.4, -0.2) is 33.1 Å². The average molecular weight is 278 g/mol. The number of benzene rings is 1. The maximum Gasteiger partial charge on any atom is 0.411 e. The van der Waals surface area contributed by atoms with Gasteiger partial charge in [0.1, 0.15) is 6.61 Å². The second-order valence-corrected chi connectivity index (χ2v) is 4.13. The molecule has 0 fully saturated rings. The molecule has 1 aromatic rings. The van der Waals surface area contributed by atoms with Crippen molar-refractivity contribution in [2.24, 2.45) is 0 Å². The van der Waals surface area contributed by atoms with E-state index in [-0.39, 0.29) is 0 Å². The molecule has 0 aromatic heterocycles. The number of hydrogen-bond acceptors (Lipinski definition) is 3. The molecule has 0 N–H and O–H groups in total. The van der Waals surface area contributed by atoms with Crippen molar-refractivity contribution in [3.8, 4) is 11.5 Å². The Kier molecular flexibility index (Phi) is 5.47. The van der Waals surface area contributed by atoms with Crippen LogP contribution in [-0.2, 0) is 11.2 Å². The number of hydrogen-bond donors (Lipinski definition) is 0. The second-order valence-electron chi connectivity index (χ2n) is 4.13. The van der Waals surface area contributed by atoms with E-state index < -0.39 is 18.9 Å². The van der Waals surface area contributed by atoms with Gasteiger partial charge in [-0.3, -0.25) is 0 Å². The molecule has 1 rings (SSSR count). The highest BCUT2D eigenvalue weighted by atomic mass is 19.4. The van der Waals surface area contributed by atoms with E-state index in [2.05, 4.69) is 0 Å². The zero-order valence-electron chi connectivity index (χ0n) is 11.1. The molecule has 1 unspecified atom stereocenters. The quantitative estimate of drug-likeness (QED) is 0.799. The molecule has 0 saturated carbocycles. The third-order valence-corrected chi connectivity index (χ3v) is 2.50. The highest BCUT2D eigenvalue weighted by Crippen LogP contribution is 2.28. The molecular formula is C13H17F3O3. The molecule has 1 atom stereocenters. The summed E-state index contributed by atoms with van der Waals surface area (Å²) in [5.41, 5.74) is 0.826. The van der Waals surface area contributed by atoms with Crippen LogP contribution in [0.4, 0.5) is 13.2 Å². The van der Waals surface area contributed by atoms with E-state index in [1.807, 2.05) is 0 Å². The number of alkyl halides is 3. The predicted molar refractivity (Wildman–Crippen MR) is 64.7 cm³/mol. The molecular weight excluding hydrogens is 261 g/mol. The van der Waals surface area contributed by atoms with E-state index in [1.54, 1.807) is 25.1 Å². The smallest absolute Gasteiger partial charge is 0.411 e. The summed E-state index contributed by atoms with van der Waals surface area (Å²) in [5, 5.41) is 0. The molecule has 0 radical (unpaired) electrons. The normalized spacial score (nSPS) is 13.2. The van der Waals surface area contributed by atoms with Crippen molar-refractivity contribution in [1.29, 1.82) is 0 Å². The zero-order chi connectivity index (χ0) is 14.5. The molecule has 0 aliphatic rings. The van der Waals surface area contributed by atoms with E-state index in [9.17, 15) is 13.2 Å². The minimum absolute atomic E-state index is 0.371. The van der Waals surface area contributed by atoms with Gasteiger partial charge >= 0.3 is 6.18 Å². The Morgan fingerprint density at radius 2 is 1.74 bits per heavy atom. The van der Waals surface area contributed by atoms with Crippen LogP contribution in [0.1, 0.15) is 12.5 Å². The lowest BCUT2D eigenvalue weighted by Gasteiger charge is -2.16. The van der Waals surface area contributed by atoms with Gasteiger partial charge in [0.15, 0.2) is 11.5 Å². The van der Waals surface area contributed by atoms with Crippen LogP contribution in [0.3, 0.4) is 0 Å². The average Bonchev–Trinajstić information content (AvgIpc) is 2.35. The number of halogens is 3. The summed E-state index contributed by atoms with van der Waals surface area (Å²) in [4.78, 5) is 0. The SMILES string of the molecule is COc1ccc(CC(C)OCC(F)(F)F)cc1OC. The Hall–Kier alpha value is -1.43. The van der Waals surface area contributed by atoms with E-state index in [4.69, 9.17) is 14.2 Å². The van der Waals surface area contributed by atoms with Crippen LogP contribution < -0.4 is 9.47 Å². The summed E-state index contributed by atoms with van der Waals surface area (Å²) in [6, 6.07) is 5.21. The summed E-state index contributed by atoms with van der Waals surface area (Å²) in [6.45, 7) is 0.365. The first-order valence-electron chi connectivity index (χ1n) is 5.75. The maximum atomic E-state index is 12.0. The molecule has 0 saturated heterocycles. The van der Waals surface area contributed by atoms with Gasteiger partial charge in [0.05, 0.1) is 20.3 Å². The first-order valence-corrected chi connectivity index (χ1v) is 5.75. The molecule has 0 heterocycles. The summed E-state index contributed by atoms with van der Waals surface area (Å²) in [6.07, 6.45) is -4.46. The van der Waals surface area contributed by atoms with Crippen LogP contribution in [0.2, 0.25) is 0 Å². The van der Waals surface area contributed by atoms with Crippen LogP contribution in [0.15, 0.2) is 18.2 Å². The predicted octanol–water partition coefficient (Wildman–Crippen LogP) is 3.21. The van der Waals surface area contributed by atoms with Crippen LogP contribution in [0.25, 0.3) is 0 Å². The summed E-state index contributed by atoms with van der Waals surface area (Å²) >= 11 is 0. The van der Waals surface area contributed by atoms with E-state index in [1.165, 1.54) is 14.2 Å². The molecule has 0 bridgehead atoms. The Bertz CT molecular complexity index is 405. The zero-order valence-corrected chi connectivity index (χ0v) is 11.1. The lowest BCUT2D eigenvalue weighted by molar-refractivity contribution is -0.183. The van der Waals surface area contributed by atoms with Gasteiger partial charge in [-0.1, -0.05) is 6.07 Å². The fraction of sp³-hybridized carbons (Fsp3) is 0.538. The molecule has 3 nitrogen and oxygen atoms in total. The molecule has 0 amide bonds. The summed E-state index contributed by atoms with van der Waals surface area (Å²) < 4.78 is 51.0. The minimum atomic E-state index is -4.30. The van der Waals surface area contributed by atoms with Crippen molar-refractivity contribution >= 4 is 0 Å². The van der Waals surface area contributed by atoms with Gasteiger partial charge in [-0.25, -0.2) is 0 Å². The second kappa shape index (κ2) is 6.65. The fourth-order valence-electron chi connectivity index (χ4n) is 1.64. The molecule has 0 aliphatic carbocycles. The number of rotatable bonds is 6. The van der Waals surface area contributed by atoms with Gasteiger partial charge in [-0.05, 0) is 31.0 Å². The molecule has 1 aromatic carbocycles. The largest absolute Gasteiger partial charge is 0.493 e. The molecule has 6 heteroatoms. The summed E-state index contributed by atoms with van der Waals surface area (Å²) in [5.74, 6) is 1.12. The monoisotopic (exact) mass is 278 g/mol. The third kappa shape index (κ3) is 5.38. The van der Waals surface area contributed by atoms with Crippen molar-refractivity contribution in [3.05, 3.63) is 23.8 Å². The highest BCUT2D eigenvalue weighted by molar-refractivity contribution is 5.43. The Morgan fingerprint density at radius 3 is 2.26 bits per heavy atom. The molecule has 19 heavy (non-hydrogen) atoms. The Labute approximate surface area is 110 Å². The van der Waals surface area contributed by atoms with E-state index in [0.717, 1.165) is 5.56 Å². The highest BCUT2D eigenvalue weighted by Gasteiger charge is 2.28. The van der Waals surface area contributed by atoms with Crippen molar-refractivity contribution in [2.45, 2.75) is 25.6 Å². The number of ether oxygens (including phenoxy) is 3. The van der Waals surface area contributed by atoms with Gasteiger partial charge in [-0.2, -0.15) is 13.2 Å². The van der Waals surface area contributed by atoms with Gasteiger partial charge in [0.25, 0.3) is 0 Å². The van der Waals surface area contributed by atoms with Crippen LogP contribution in [0, 0.1) is 0 Å². The lowest BCUT2D eigenvalue weighted by atomic mass is 10.1. The molecule has 108 valence electrons. The standard InChI is InChI=1S/C13H17F3O3/c1-9(19-8-13(14,15)16)6-10-4-5-11(17-2)12(7-10)18-3/h4-5,7,9H,6,8H2,1-3H3. The van der Waals surface area contributed by atoms with E-state index >= 15 is 0 Å². The minimum Gasteiger partial charge on any atom is -0.493 e. The Balaban J connectivity index is 2.61. The van der Waals surface area contributed by atoms with Gasteiger partial charge < -0.3 is 14.2 Å². The van der Waals surface area contributed by atoms with Crippen LogP contribution in [0.5, 0.6) is 11.5 Å². The third-order valence-electron chi connectivity index (χ3n) is 2.50. The van der Waals surface area contributed by atoms with Crippen molar-refractivity contribution in [1.82, 2.24) is 0 Å². The first-order chi connectivity index (χ1) is 8.85. The van der Waals surface area contributed by atoms with Crippen molar-refractivity contribution in [3.63, 3.8) is 0 Å². The van der Waals surface area contributed by atoms with Gasteiger partial charge in [0.2, 0.25) is 0 Å². The first kappa shape index (κ1) is 15.6. The van der Waals surface area contributed by atoms with Gasteiger partial charge in [0, 0.05) is 0 Å². The summed E-state index contributed by atoms with van der Waals surface area (Å²) in [7, 11) is 3.03. The van der Waals surface area contributed by atoms with Crippen molar-refractivity contribution in [2.75, 3.05) is 20.8 Å².